The Bertz CT molecular complexity index is 587. The highest BCUT2D eigenvalue weighted by molar-refractivity contribution is 5.25. The molecule has 0 bridgehead atoms. The molecule has 6 heteroatoms. The molecule has 0 saturated carbocycles. The first kappa shape index (κ1) is 15.3. The second-order valence-electron chi connectivity index (χ2n) is 4.50. The number of ether oxygens (including phenoxy) is 1. The zero-order valence-corrected chi connectivity index (χ0v) is 11.9. The summed E-state index contributed by atoms with van der Waals surface area (Å²) in [7, 11) is 1.50. The average molecular weight is 293 g/mol. The minimum absolute atomic E-state index is 0.0249. The molecule has 1 aromatic heterocycles. The Labute approximate surface area is 122 Å². The molecule has 0 amide bonds. The molecule has 1 N–H and O–H groups in total. The van der Waals surface area contributed by atoms with E-state index in [9.17, 15) is 8.78 Å². The summed E-state index contributed by atoms with van der Waals surface area (Å²) in [6, 6.07) is 5.01. The molecule has 112 valence electrons. The summed E-state index contributed by atoms with van der Waals surface area (Å²) in [6.45, 7) is 2.47. The Balaban J connectivity index is 2.30. The van der Waals surface area contributed by atoms with Crippen LogP contribution in [0.2, 0.25) is 0 Å². The van der Waals surface area contributed by atoms with E-state index in [0.29, 0.717) is 24.5 Å². The van der Waals surface area contributed by atoms with Gasteiger partial charge in [-0.3, -0.25) is 0 Å². The third kappa shape index (κ3) is 3.72. The largest absolute Gasteiger partial charge is 0.481 e. The van der Waals surface area contributed by atoms with Crippen molar-refractivity contribution in [3.05, 3.63) is 53.5 Å². The standard InChI is InChI=1S/C15H17F2N3O/c1-3-18-13(15-11(16)5-4-6-12(15)17)7-10-8-14(21-2)20-9-19-10/h4-6,8-9,13,18H,3,7H2,1-2H3. The van der Waals surface area contributed by atoms with Gasteiger partial charge in [0.2, 0.25) is 5.88 Å². The molecule has 0 fully saturated rings. The molecule has 0 aliphatic carbocycles. The third-order valence-corrected chi connectivity index (χ3v) is 3.12. The van der Waals surface area contributed by atoms with E-state index in [1.165, 1.54) is 31.6 Å². The van der Waals surface area contributed by atoms with Gasteiger partial charge < -0.3 is 10.1 Å². The van der Waals surface area contributed by atoms with E-state index in [-0.39, 0.29) is 5.56 Å². The Morgan fingerprint density at radius 2 is 1.95 bits per heavy atom. The maximum atomic E-state index is 13.9. The Hall–Kier alpha value is -2.08. The number of benzene rings is 1. The maximum absolute atomic E-state index is 13.9. The fraction of sp³-hybridized carbons (Fsp3) is 0.333. The highest BCUT2D eigenvalue weighted by Gasteiger charge is 2.20. The minimum Gasteiger partial charge on any atom is -0.481 e. The monoisotopic (exact) mass is 293 g/mol. The van der Waals surface area contributed by atoms with Crippen LogP contribution in [-0.4, -0.2) is 23.6 Å². The molecule has 0 radical (unpaired) electrons. The van der Waals surface area contributed by atoms with Crippen LogP contribution < -0.4 is 10.1 Å². The molecule has 0 aliphatic rings. The summed E-state index contributed by atoms with van der Waals surface area (Å²) in [6.07, 6.45) is 1.71. The molecule has 1 unspecified atom stereocenters. The van der Waals surface area contributed by atoms with Crippen LogP contribution in [0.3, 0.4) is 0 Å². The zero-order chi connectivity index (χ0) is 15.2. The normalized spacial score (nSPS) is 12.2. The third-order valence-electron chi connectivity index (χ3n) is 3.12. The smallest absolute Gasteiger partial charge is 0.216 e. The summed E-state index contributed by atoms with van der Waals surface area (Å²) in [4.78, 5) is 8.04. The second-order valence-corrected chi connectivity index (χ2v) is 4.50. The van der Waals surface area contributed by atoms with E-state index in [1.54, 1.807) is 6.07 Å². The van der Waals surface area contributed by atoms with Crippen molar-refractivity contribution >= 4 is 0 Å². The van der Waals surface area contributed by atoms with Crippen molar-refractivity contribution in [3.63, 3.8) is 0 Å². The van der Waals surface area contributed by atoms with Crippen LogP contribution in [0.15, 0.2) is 30.6 Å². The van der Waals surface area contributed by atoms with Crippen LogP contribution in [0, 0.1) is 11.6 Å². The molecule has 1 atom stereocenters. The zero-order valence-electron chi connectivity index (χ0n) is 11.9. The number of nitrogens with zero attached hydrogens (tertiary/aromatic N) is 2. The molecule has 0 spiro atoms. The maximum Gasteiger partial charge on any atom is 0.216 e. The summed E-state index contributed by atoms with van der Waals surface area (Å²) in [5, 5.41) is 3.09. The van der Waals surface area contributed by atoms with E-state index >= 15 is 0 Å². The lowest BCUT2D eigenvalue weighted by Crippen LogP contribution is -2.25. The predicted octanol–water partition coefficient (Wildman–Crippen LogP) is 2.66. The highest BCUT2D eigenvalue weighted by atomic mass is 19.1. The Morgan fingerprint density at radius 1 is 1.24 bits per heavy atom. The van der Waals surface area contributed by atoms with Crippen LogP contribution in [-0.2, 0) is 6.42 Å². The van der Waals surface area contributed by atoms with Crippen LogP contribution in [0.5, 0.6) is 5.88 Å². The lowest BCUT2D eigenvalue weighted by atomic mass is 10.0. The molecule has 1 aromatic carbocycles. The molecule has 0 aliphatic heterocycles. The SMILES string of the molecule is CCNC(Cc1cc(OC)ncn1)c1c(F)cccc1F. The lowest BCUT2D eigenvalue weighted by Gasteiger charge is -2.19. The molecule has 1 heterocycles. The first-order valence-corrected chi connectivity index (χ1v) is 6.68. The van der Waals surface area contributed by atoms with E-state index in [0.717, 1.165) is 0 Å². The number of methoxy groups -OCH3 is 1. The first-order chi connectivity index (χ1) is 10.2. The first-order valence-electron chi connectivity index (χ1n) is 6.68. The van der Waals surface area contributed by atoms with Gasteiger partial charge in [0.05, 0.1) is 7.11 Å². The lowest BCUT2D eigenvalue weighted by molar-refractivity contribution is 0.395. The fourth-order valence-electron chi connectivity index (χ4n) is 2.18. The number of nitrogens with one attached hydrogen (secondary N) is 1. The number of likely N-dealkylation sites (N-methyl/N-ethyl adjacent to an activating group) is 1. The van der Waals surface area contributed by atoms with E-state index in [4.69, 9.17) is 4.74 Å². The summed E-state index contributed by atoms with van der Waals surface area (Å²) < 4.78 is 32.9. The predicted molar refractivity (Wildman–Crippen MR) is 75.1 cm³/mol. The molecule has 21 heavy (non-hydrogen) atoms. The average Bonchev–Trinajstić information content (AvgIpc) is 2.47. The molecule has 0 saturated heterocycles. The number of halogens is 2. The van der Waals surface area contributed by atoms with Gasteiger partial charge in [0.15, 0.2) is 0 Å². The van der Waals surface area contributed by atoms with Gasteiger partial charge in [-0.15, -0.1) is 0 Å². The van der Waals surface area contributed by atoms with Gasteiger partial charge >= 0.3 is 0 Å². The van der Waals surface area contributed by atoms with Crippen molar-refractivity contribution in [2.45, 2.75) is 19.4 Å². The topological polar surface area (TPSA) is 47.0 Å². The Kier molecular flexibility index (Phi) is 5.16. The van der Waals surface area contributed by atoms with Gasteiger partial charge in [0.1, 0.15) is 18.0 Å². The number of hydrogen-bond acceptors (Lipinski definition) is 4. The van der Waals surface area contributed by atoms with Crippen LogP contribution >= 0.6 is 0 Å². The molecular weight excluding hydrogens is 276 g/mol. The van der Waals surface area contributed by atoms with Crippen LogP contribution in [0.1, 0.15) is 24.2 Å². The second kappa shape index (κ2) is 7.08. The van der Waals surface area contributed by atoms with Crippen molar-refractivity contribution in [2.24, 2.45) is 0 Å². The molecule has 4 nitrogen and oxygen atoms in total. The molecular formula is C15H17F2N3O. The van der Waals surface area contributed by atoms with Crippen molar-refractivity contribution in [2.75, 3.05) is 13.7 Å². The highest BCUT2D eigenvalue weighted by Crippen LogP contribution is 2.24. The minimum atomic E-state index is -0.568. The van der Waals surface area contributed by atoms with E-state index < -0.39 is 17.7 Å². The van der Waals surface area contributed by atoms with Gasteiger partial charge in [-0.25, -0.2) is 18.7 Å². The van der Waals surface area contributed by atoms with Crippen LogP contribution in [0.25, 0.3) is 0 Å². The summed E-state index contributed by atoms with van der Waals surface area (Å²) in [5.74, 6) is -0.715. The van der Waals surface area contributed by atoms with Crippen LogP contribution in [0.4, 0.5) is 8.78 Å². The van der Waals surface area contributed by atoms with E-state index in [1.807, 2.05) is 6.92 Å². The van der Waals surface area contributed by atoms with Crippen molar-refractivity contribution in [1.29, 1.82) is 0 Å². The van der Waals surface area contributed by atoms with Crippen molar-refractivity contribution in [1.82, 2.24) is 15.3 Å². The van der Waals surface area contributed by atoms with Gasteiger partial charge in [-0.2, -0.15) is 0 Å². The van der Waals surface area contributed by atoms with Crippen molar-refractivity contribution in [3.8, 4) is 5.88 Å². The fourth-order valence-corrected chi connectivity index (χ4v) is 2.18. The summed E-state index contributed by atoms with van der Waals surface area (Å²) >= 11 is 0. The summed E-state index contributed by atoms with van der Waals surface area (Å²) in [5.41, 5.74) is 0.674. The van der Waals surface area contributed by atoms with Crippen molar-refractivity contribution < 1.29 is 13.5 Å². The number of aromatic nitrogens is 2. The molecule has 2 aromatic rings. The van der Waals surface area contributed by atoms with E-state index in [2.05, 4.69) is 15.3 Å². The molecule has 2 rings (SSSR count). The Morgan fingerprint density at radius 3 is 2.57 bits per heavy atom. The van der Waals surface area contributed by atoms with Gasteiger partial charge in [0.25, 0.3) is 0 Å². The van der Waals surface area contributed by atoms with Gasteiger partial charge in [-0.05, 0) is 18.7 Å². The van der Waals surface area contributed by atoms with Gasteiger partial charge in [0, 0.05) is 29.8 Å². The number of rotatable bonds is 6. The van der Waals surface area contributed by atoms with Gasteiger partial charge in [-0.1, -0.05) is 13.0 Å². The quantitative estimate of drug-likeness (QED) is 0.889. The number of hydrogen-bond donors (Lipinski definition) is 1.